The van der Waals surface area contributed by atoms with Gasteiger partial charge < -0.3 is 4.90 Å². The molecular weight excluding hydrogens is 747 g/mol. The molecule has 0 amide bonds. The van der Waals surface area contributed by atoms with Crippen LogP contribution in [0.3, 0.4) is 0 Å². The molecule has 7 aromatic rings. The quantitative estimate of drug-likeness (QED) is 0.168. The van der Waals surface area contributed by atoms with Gasteiger partial charge in [0.2, 0.25) is 0 Å². The Hall–Kier alpha value is -5.66. The van der Waals surface area contributed by atoms with Gasteiger partial charge in [-0.3, -0.25) is 0 Å². The van der Waals surface area contributed by atoms with E-state index < -0.39 is 5.41 Å². The van der Waals surface area contributed by atoms with E-state index in [0.29, 0.717) is 5.41 Å². The smallest absolute Gasteiger partial charge is 0.0714 e. The molecule has 62 heavy (non-hydrogen) atoms. The summed E-state index contributed by atoms with van der Waals surface area (Å²) in [6.07, 6.45) is 8.16. The fourth-order valence-electron chi connectivity index (χ4n) is 16.4. The highest BCUT2D eigenvalue weighted by Gasteiger charge is 2.84. The Balaban J connectivity index is 1.07. The SMILES string of the molecule is CC1(C)CCC(C)(C)c2c(N(c3ccc4c(c3)C(c3ccccc3)(c3ccccc3)c3ccccc3-4)c3cccc4c3-c3ccccc3C43C4CC5CC6CC3C64C5)cccc21. The lowest BCUT2D eigenvalue weighted by atomic mass is 9.27. The van der Waals surface area contributed by atoms with Crippen LogP contribution in [0.2, 0.25) is 0 Å². The first-order valence-electron chi connectivity index (χ1n) is 23.7. The molecule has 0 saturated heterocycles. The zero-order valence-corrected chi connectivity index (χ0v) is 36.6. The molecule has 4 saturated carbocycles. The van der Waals surface area contributed by atoms with Gasteiger partial charge in [-0.1, -0.05) is 167 Å². The number of rotatable bonds is 5. The monoisotopic (exact) mass is 801 g/mol. The van der Waals surface area contributed by atoms with Crippen molar-refractivity contribution >= 4 is 17.1 Å². The average Bonchev–Trinajstić information content (AvgIpc) is 4.01. The van der Waals surface area contributed by atoms with Crippen LogP contribution in [0.1, 0.15) is 111 Å². The van der Waals surface area contributed by atoms with Gasteiger partial charge in [0.1, 0.15) is 0 Å². The van der Waals surface area contributed by atoms with Crippen molar-refractivity contribution in [3.63, 3.8) is 0 Å². The second-order valence-corrected chi connectivity index (χ2v) is 21.9. The van der Waals surface area contributed by atoms with E-state index >= 15 is 0 Å². The van der Waals surface area contributed by atoms with E-state index in [0.717, 1.165) is 30.1 Å². The third-order valence-corrected chi connectivity index (χ3v) is 18.6. The van der Waals surface area contributed by atoms with Gasteiger partial charge in [-0.2, -0.15) is 0 Å². The van der Waals surface area contributed by atoms with E-state index in [2.05, 4.69) is 196 Å². The minimum Gasteiger partial charge on any atom is -0.310 e. The van der Waals surface area contributed by atoms with E-state index in [1.165, 1.54) is 105 Å². The molecule has 7 aromatic carbocycles. The number of hydrogen-bond acceptors (Lipinski definition) is 1. The second kappa shape index (κ2) is 11.9. The van der Waals surface area contributed by atoms with Crippen LogP contribution in [-0.2, 0) is 21.7 Å². The lowest BCUT2D eigenvalue weighted by molar-refractivity contribution is -0.231. The number of fused-ring (bicyclic) bond motifs is 12. The van der Waals surface area contributed by atoms with Gasteiger partial charge in [-0.05, 0) is 164 Å². The lowest BCUT2D eigenvalue weighted by Crippen LogP contribution is -2.73. The largest absolute Gasteiger partial charge is 0.310 e. The standard InChI is InChI=1S/C61H55N/c1-57(2)31-32-58(3,4)56-49(57)26-16-28-52(56)62(51-27-15-25-48-55(51)45-22-12-14-24-47(45)61(48)53-34-38-33-41-35-54(61)59(41,53)37-38)42-29-30-44-43-21-11-13-23-46(43)60(50(44)36-42,39-17-7-5-8-18-39)40-19-9-6-10-20-40/h5-30,36,38,41,53-54H,31-35,37H2,1-4H3. The Kier molecular flexibility index (Phi) is 6.87. The van der Waals surface area contributed by atoms with Crippen molar-refractivity contribution < 1.29 is 0 Å². The highest BCUT2D eigenvalue weighted by Crippen LogP contribution is 2.90. The highest BCUT2D eigenvalue weighted by molar-refractivity contribution is 5.98. The maximum absolute atomic E-state index is 2.75. The Morgan fingerprint density at radius 2 is 1.06 bits per heavy atom. The van der Waals surface area contributed by atoms with Crippen LogP contribution in [0, 0.1) is 29.1 Å². The van der Waals surface area contributed by atoms with Crippen molar-refractivity contribution in [1.82, 2.24) is 0 Å². The van der Waals surface area contributed by atoms with E-state index in [4.69, 9.17) is 0 Å². The number of benzene rings is 7. The van der Waals surface area contributed by atoms with Crippen LogP contribution in [0.25, 0.3) is 22.3 Å². The highest BCUT2D eigenvalue weighted by atomic mass is 15.2. The van der Waals surface area contributed by atoms with Crippen molar-refractivity contribution in [2.24, 2.45) is 29.1 Å². The molecule has 7 aliphatic rings. The van der Waals surface area contributed by atoms with Gasteiger partial charge in [0, 0.05) is 16.7 Å². The molecule has 0 aliphatic heterocycles. The van der Waals surface area contributed by atoms with Gasteiger partial charge in [0.25, 0.3) is 0 Å². The van der Waals surface area contributed by atoms with Crippen molar-refractivity contribution in [1.29, 1.82) is 0 Å². The molecule has 0 radical (unpaired) electrons. The van der Waals surface area contributed by atoms with Crippen LogP contribution in [0.15, 0.2) is 164 Å². The molecule has 0 N–H and O–H groups in total. The maximum Gasteiger partial charge on any atom is 0.0714 e. The molecule has 1 heteroatoms. The van der Waals surface area contributed by atoms with E-state index in [9.17, 15) is 0 Å². The van der Waals surface area contributed by atoms with Crippen LogP contribution >= 0.6 is 0 Å². The first-order valence-corrected chi connectivity index (χ1v) is 23.7. The van der Waals surface area contributed by atoms with Crippen molar-refractivity contribution in [2.75, 3.05) is 4.90 Å². The summed E-state index contributed by atoms with van der Waals surface area (Å²) in [7, 11) is 0. The predicted molar refractivity (Wildman–Crippen MR) is 255 cm³/mol. The Morgan fingerprint density at radius 1 is 0.468 bits per heavy atom. The molecule has 304 valence electrons. The molecule has 14 rings (SSSR count). The molecule has 6 atom stereocenters. The van der Waals surface area contributed by atoms with Crippen molar-refractivity contribution in [2.45, 2.75) is 87.9 Å². The third-order valence-electron chi connectivity index (χ3n) is 18.6. The van der Waals surface area contributed by atoms with Gasteiger partial charge in [-0.25, -0.2) is 0 Å². The van der Waals surface area contributed by atoms with E-state index in [1.807, 2.05) is 0 Å². The second-order valence-electron chi connectivity index (χ2n) is 21.9. The summed E-state index contributed by atoms with van der Waals surface area (Å²) in [5, 5.41) is 0. The molecule has 0 heterocycles. The summed E-state index contributed by atoms with van der Waals surface area (Å²) in [6, 6.07) is 63.9. The fourth-order valence-corrected chi connectivity index (χ4v) is 16.4. The summed E-state index contributed by atoms with van der Waals surface area (Å²) in [4.78, 5) is 2.75. The normalized spacial score (nSPS) is 28.5. The molecular formula is C61H55N. The van der Waals surface area contributed by atoms with Crippen LogP contribution in [-0.4, -0.2) is 0 Å². The molecule has 2 bridgehead atoms. The number of nitrogens with zero attached hydrogens (tertiary/aromatic N) is 1. The van der Waals surface area contributed by atoms with Gasteiger partial charge in [-0.15, -0.1) is 0 Å². The molecule has 1 nitrogen and oxygen atoms in total. The summed E-state index contributed by atoms with van der Waals surface area (Å²) >= 11 is 0. The average molecular weight is 802 g/mol. The fraction of sp³-hybridized carbons (Fsp3) is 0.311. The van der Waals surface area contributed by atoms with Crippen molar-refractivity contribution in [3.8, 4) is 22.3 Å². The van der Waals surface area contributed by atoms with Gasteiger partial charge >= 0.3 is 0 Å². The topological polar surface area (TPSA) is 3.24 Å². The molecule has 6 unspecified atom stereocenters. The van der Waals surface area contributed by atoms with Crippen LogP contribution in [0.4, 0.5) is 17.1 Å². The summed E-state index contributed by atoms with van der Waals surface area (Å²) in [5.74, 6) is 3.42. The maximum atomic E-state index is 2.75. The minimum atomic E-state index is -0.481. The molecule has 0 aromatic heterocycles. The lowest BCUT2D eigenvalue weighted by Gasteiger charge is -2.76. The van der Waals surface area contributed by atoms with Crippen LogP contribution < -0.4 is 4.90 Å². The predicted octanol–water partition coefficient (Wildman–Crippen LogP) is 15.2. The summed E-state index contributed by atoms with van der Waals surface area (Å²) in [6.45, 7) is 9.97. The zero-order chi connectivity index (χ0) is 41.4. The first kappa shape index (κ1) is 35.9. The molecule has 4 fully saturated rings. The number of anilines is 3. The molecule has 2 spiro atoms. The Morgan fingerprint density at radius 3 is 1.81 bits per heavy atom. The first-order chi connectivity index (χ1) is 30.2. The third kappa shape index (κ3) is 4.05. The van der Waals surface area contributed by atoms with Gasteiger partial charge in [0.05, 0.1) is 16.8 Å². The molecule has 7 aliphatic carbocycles. The van der Waals surface area contributed by atoms with E-state index in [1.54, 1.807) is 11.1 Å². The summed E-state index contributed by atoms with van der Waals surface area (Å²) < 4.78 is 0. The zero-order valence-electron chi connectivity index (χ0n) is 36.6. The van der Waals surface area contributed by atoms with E-state index in [-0.39, 0.29) is 16.2 Å². The summed E-state index contributed by atoms with van der Waals surface area (Å²) in [5.41, 5.74) is 21.4. The Labute approximate surface area is 367 Å². The van der Waals surface area contributed by atoms with Crippen molar-refractivity contribution in [3.05, 3.63) is 208 Å². The number of hydrogen-bond donors (Lipinski definition) is 0. The Bertz CT molecular complexity index is 2990. The minimum absolute atomic E-state index is 0.00591. The van der Waals surface area contributed by atoms with Gasteiger partial charge in [0.15, 0.2) is 0 Å². The van der Waals surface area contributed by atoms with Crippen LogP contribution in [0.5, 0.6) is 0 Å².